The third kappa shape index (κ3) is 5.29. The second-order valence-corrected chi connectivity index (χ2v) is 2.17. The smallest absolute Gasteiger partial charge is 0.120 e. The van der Waals surface area contributed by atoms with E-state index in [4.69, 9.17) is 0 Å². The van der Waals surface area contributed by atoms with Crippen molar-refractivity contribution in [2.24, 2.45) is 0 Å². The summed E-state index contributed by atoms with van der Waals surface area (Å²) in [6, 6.07) is 0. The lowest BCUT2D eigenvalue weighted by Gasteiger charge is -1.92. The molecule has 0 aliphatic heterocycles. The largest absolute Gasteiger partial charge is 0.303 e. The van der Waals surface area contributed by atoms with Crippen LogP contribution < -0.4 is 0 Å². The molecule has 0 saturated heterocycles. The lowest BCUT2D eigenvalue weighted by atomic mass is 10.1. The van der Waals surface area contributed by atoms with Crippen LogP contribution in [0.15, 0.2) is 24.3 Å². The first-order valence-electron chi connectivity index (χ1n) is 3.59. The van der Waals surface area contributed by atoms with Gasteiger partial charge in [0.2, 0.25) is 0 Å². The van der Waals surface area contributed by atoms with Crippen molar-refractivity contribution < 1.29 is 4.79 Å². The molecule has 0 spiro atoms. The maximum absolute atomic E-state index is 9.92. The highest BCUT2D eigenvalue weighted by molar-refractivity contribution is 5.50. The Balaban J connectivity index is 3.43. The minimum absolute atomic E-state index is 0.590. The summed E-state index contributed by atoms with van der Waals surface area (Å²) < 4.78 is 0. The number of hydrogen-bond acceptors (Lipinski definition) is 1. The van der Waals surface area contributed by atoms with Crippen molar-refractivity contribution in [3.05, 3.63) is 24.3 Å². The van der Waals surface area contributed by atoms with Crippen molar-refractivity contribution in [2.75, 3.05) is 0 Å². The summed E-state index contributed by atoms with van der Waals surface area (Å²) in [5, 5.41) is 0. The second-order valence-electron chi connectivity index (χ2n) is 2.17. The van der Waals surface area contributed by atoms with E-state index >= 15 is 0 Å². The van der Waals surface area contributed by atoms with Gasteiger partial charge in [0.05, 0.1) is 0 Å². The molecule has 0 aromatic rings. The first kappa shape index (κ1) is 9.15. The highest BCUT2D eigenvalue weighted by atomic mass is 16.1. The van der Waals surface area contributed by atoms with Gasteiger partial charge in [0.25, 0.3) is 0 Å². The molecule has 0 saturated carbocycles. The highest BCUT2D eigenvalue weighted by Gasteiger charge is 1.85. The van der Waals surface area contributed by atoms with Crippen molar-refractivity contribution in [2.45, 2.75) is 26.2 Å². The topological polar surface area (TPSA) is 17.1 Å². The van der Waals surface area contributed by atoms with Crippen LogP contribution in [0, 0.1) is 0 Å². The highest BCUT2D eigenvalue weighted by Crippen LogP contribution is 2.02. The van der Waals surface area contributed by atoms with E-state index in [2.05, 4.69) is 13.5 Å². The molecule has 0 aromatic heterocycles. The van der Waals surface area contributed by atoms with Crippen molar-refractivity contribution in [1.29, 1.82) is 0 Å². The average Bonchev–Trinajstić information content (AvgIpc) is 1.97. The molecule has 10 heavy (non-hydrogen) atoms. The predicted molar refractivity (Wildman–Crippen MR) is 43.9 cm³/mol. The van der Waals surface area contributed by atoms with E-state index in [0.717, 1.165) is 24.7 Å². The van der Waals surface area contributed by atoms with Gasteiger partial charge in [0.1, 0.15) is 6.29 Å². The number of aldehydes is 1. The maximum Gasteiger partial charge on any atom is 0.120 e. The zero-order valence-corrected chi connectivity index (χ0v) is 6.47. The molecule has 0 aliphatic carbocycles. The van der Waals surface area contributed by atoms with E-state index < -0.39 is 0 Å². The lowest BCUT2D eigenvalue weighted by molar-refractivity contribution is -0.107. The summed E-state index contributed by atoms with van der Waals surface area (Å²) in [5.41, 5.74) is 1.04. The van der Waals surface area contributed by atoms with Crippen LogP contribution in [-0.4, -0.2) is 6.29 Å². The van der Waals surface area contributed by atoms with Crippen LogP contribution in [0.25, 0.3) is 0 Å². The van der Waals surface area contributed by atoms with E-state index in [1.165, 1.54) is 0 Å². The zero-order chi connectivity index (χ0) is 7.82. The van der Waals surface area contributed by atoms with Crippen LogP contribution in [0.5, 0.6) is 0 Å². The summed E-state index contributed by atoms with van der Waals surface area (Å²) in [4.78, 5) is 9.92. The van der Waals surface area contributed by atoms with E-state index in [-0.39, 0.29) is 0 Å². The fourth-order valence-electron chi connectivity index (χ4n) is 0.612. The van der Waals surface area contributed by atoms with E-state index in [1.807, 2.05) is 12.2 Å². The van der Waals surface area contributed by atoms with Gasteiger partial charge in [-0.2, -0.15) is 0 Å². The molecule has 0 fully saturated rings. The third-order valence-corrected chi connectivity index (χ3v) is 1.17. The molecule has 0 bridgehead atoms. The van der Waals surface area contributed by atoms with Gasteiger partial charge >= 0.3 is 0 Å². The average molecular weight is 138 g/mol. The molecule has 0 unspecified atom stereocenters. The molecule has 0 rings (SSSR count). The Bertz CT molecular complexity index is 134. The van der Waals surface area contributed by atoms with Gasteiger partial charge in [-0.25, -0.2) is 0 Å². The van der Waals surface area contributed by atoms with Gasteiger partial charge in [-0.15, -0.1) is 0 Å². The fourth-order valence-corrected chi connectivity index (χ4v) is 0.612. The number of rotatable bonds is 5. The molecule has 1 nitrogen and oxygen atoms in total. The molecule has 0 N–H and O–H groups in total. The molecule has 0 aromatic carbocycles. The summed E-state index contributed by atoms with van der Waals surface area (Å²) in [7, 11) is 0. The molecule has 56 valence electrons. The Labute approximate surface area is 62.4 Å². The van der Waals surface area contributed by atoms with E-state index in [9.17, 15) is 4.79 Å². The Kier molecular flexibility index (Phi) is 5.74. The minimum atomic E-state index is 0.590. The lowest BCUT2D eigenvalue weighted by Crippen LogP contribution is -1.77. The number of carbonyl (C=O) groups is 1. The van der Waals surface area contributed by atoms with Crippen molar-refractivity contribution in [3.63, 3.8) is 0 Å². The van der Waals surface area contributed by atoms with Gasteiger partial charge in [0, 0.05) is 6.42 Å². The summed E-state index contributed by atoms with van der Waals surface area (Å²) in [6.07, 6.45) is 7.36. The summed E-state index contributed by atoms with van der Waals surface area (Å²) >= 11 is 0. The van der Waals surface area contributed by atoms with Gasteiger partial charge in [0.15, 0.2) is 0 Å². The monoisotopic (exact) mass is 138 g/mol. The zero-order valence-electron chi connectivity index (χ0n) is 6.47. The molecule has 0 aliphatic rings. The molecule has 0 heterocycles. The fraction of sp³-hybridized carbons (Fsp3) is 0.444. The van der Waals surface area contributed by atoms with Crippen molar-refractivity contribution in [1.82, 2.24) is 0 Å². The van der Waals surface area contributed by atoms with Crippen LogP contribution >= 0.6 is 0 Å². The van der Waals surface area contributed by atoms with E-state index in [0.29, 0.717) is 6.42 Å². The second kappa shape index (κ2) is 6.27. The quantitative estimate of drug-likeness (QED) is 0.421. The summed E-state index contributed by atoms with van der Waals surface area (Å²) in [6.45, 7) is 5.86. The molecular formula is C9H14O. The van der Waals surface area contributed by atoms with Gasteiger partial charge in [-0.3, -0.25) is 0 Å². The first-order chi connectivity index (χ1) is 4.81. The number of hydrogen-bond donors (Lipinski definition) is 0. The van der Waals surface area contributed by atoms with Crippen LogP contribution in [0.3, 0.4) is 0 Å². The molecular weight excluding hydrogens is 124 g/mol. The predicted octanol–water partition coefficient (Wildman–Crippen LogP) is 2.49. The Morgan fingerprint density at radius 2 is 2.30 bits per heavy atom. The molecule has 0 atom stereocenters. The molecule has 1 heteroatoms. The Hall–Kier alpha value is -0.850. The van der Waals surface area contributed by atoms with Crippen molar-refractivity contribution in [3.8, 4) is 0 Å². The standard InChI is InChI=1S/C9H14O/c1-3-4-6-9(2)7-5-8-10/h4,6,8H,2-3,5,7H2,1H3/b6-4-. The van der Waals surface area contributed by atoms with Gasteiger partial charge in [-0.05, 0) is 12.8 Å². The first-order valence-corrected chi connectivity index (χ1v) is 3.59. The van der Waals surface area contributed by atoms with Crippen molar-refractivity contribution >= 4 is 6.29 Å². The van der Waals surface area contributed by atoms with Crippen LogP contribution in [0.4, 0.5) is 0 Å². The number of allylic oxidation sites excluding steroid dienone is 3. The van der Waals surface area contributed by atoms with Crippen LogP contribution in [0.2, 0.25) is 0 Å². The number of carbonyl (C=O) groups excluding carboxylic acids is 1. The van der Waals surface area contributed by atoms with Crippen LogP contribution in [-0.2, 0) is 4.79 Å². The molecule has 0 radical (unpaired) electrons. The SMILES string of the molecule is C=C(/C=C\CC)CCC=O. The Morgan fingerprint density at radius 1 is 1.60 bits per heavy atom. The normalized spacial score (nSPS) is 10.1. The summed E-state index contributed by atoms with van der Waals surface area (Å²) in [5.74, 6) is 0. The van der Waals surface area contributed by atoms with Gasteiger partial charge in [-0.1, -0.05) is 31.2 Å². The van der Waals surface area contributed by atoms with Crippen LogP contribution in [0.1, 0.15) is 26.2 Å². The molecule has 0 amide bonds. The van der Waals surface area contributed by atoms with E-state index in [1.54, 1.807) is 0 Å². The Morgan fingerprint density at radius 3 is 2.80 bits per heavy atom. The maximum atomic E-state index is 9.92. The minimum Gasteiger partial charge on any atom is -0.303 e. The van der Waals surface area contributed by atoms with Gasteiger partial charge < -0.3 is 4.79 Å². The third-order valence-electron chi connectivity index (χ3n) is 1.17.